The van der Waals surface area contributed by atoms with Crippen molar-refractivity contribution in [2.75, 3.05) is 19.8 Å². The van der Waals surface area contributed by atoms with Crippen LogP contribution < -0.4 is 14.2 Å². The van der Waals surface area contributed by atoms with Crippen LogP contribution in [0, 0.1) is 27.7 Å². The van der Waals surface area contributed by atoms with Gasteiger partial charge in [-0.2, -0.15) is 0 Å². The van der Waals surface area contributed by atoms with Crippen LogP contribution in [0.5, 0.6) is 17.2 Å². The van der Waals surface area contributed by atoms with Crippen molar-refractivity contribution >= 4 is 33.4 Å². The minimum Gasteiger partial charge on any atom is -0.492 e. The quantitative estimate of drug-likeness (QED) is 0.306. The summed E-state index contributed by atoms with van der Waals surface area (Å²) in [6.45, 7) is 11.0. The lowest BCUT2D eigenvalue weighted by atomic mass is 9.87. The Hall–Kier alpha value is -2.50. The van der Waals surface area contributed by atoms with E-state index in [1.807, 2.05) is 11.3 Å². The zero-order chi connectivity index (χ0) is 22.0. The molecule has 2 aromatic heterocycles. The summed E-state index contributed by atoms with van der Waals surface area (Å²) in [7, 11) is 0. The van der Waals surface area contributed by atoms with Crippen molar-refractivity contribution in [1.29, 1.82) is 0 Å². The second-order valence-electron chi connectivity index (χ2n) is 8.81. The Balaban J connectivity index is 1.58. The molecule has 2 aromatic carbocycles. The van der Waals surface area contributed by atoms with Gasteiger partial charge >= 0.3 is 0 Å². The molecule has 3 nitrogen and oxygen atoms in total. The highest BCUT2D eigenvalue weighted by molar-refractivity contribution is 7.14. The van der Waals surface area contributed by atoms with Gasteiger partial charge in [0.05, 0.1) is 16.4 Å². The van der Waals surface area contributed by atoms with Crippen LogP contribution in [0.4, 0.5) is 0 Å². The monoisotopic (exact) mass is 462 g/mol. The van der Waals surface area contributed by atoms with Gasteiger partial charge in [-0.05, 0) is 102 Å². The summed E-state index contributed by atoms with van der Waals surface area (Å²) in [5, 5.41) is 7.07. The maximum atomic E-state index is 6.12. The summed E-state index contributed by atoms with van der Waals surface area (Å²) in [5.74, 6) is 2.88. The van der Waals surface area contributed by atoms with Crippen LogP contribution in [0.2, 0.25) is 0 Å². The summed E-state index contributed by atoms with van der Waals surface area (Å²) in [5.41, 5.74) is 9.17. The molecule has 0 amide bonds. The Morgan fingerprint density at radius 2 is 1.28 bits per heavy atom. The second-order valence-corrected chi connectivity index (χ2v) is 10.6. The molecule has 32 heavy (non-hydrogen) atoms. The molecule has 0 fully saturated rings. The molecule has 0 aliphatic carbocycles. The van der Waals surface area contributed by atoms with Gasteiger partial charge in [-0.3, -0.25) is 0 Å². The van der Waals surface area contributed by atoms with Crippen molar-refractivity contribution in [3.8, 4) is 38.1 Å². The highest BCUT2D eigenvalue weighted by atomic mass is 32.1. The standard InChI is InChI=1S/C27H26O3S2/c1-14-10-19(26-24-18(12-31-26)6-5-7-29-24)16(3)22-15(2)11-20(17(4)23(14)22)27-25-21(13-32-27)28-8-9-30-25/h10-13H,5-9H2,1-4H3. The number of ether oxygens (including phenoxy) is 3. The first-order chi connectivity index (χ1) is 15.5. The van der Waals surface area contributed by atoms with Crippen LogP contribution in [-0.4, -0.2) is 19.8 Å². The first-order valence-electron chi connectivity index (χ1n) is 11.2. The Morgan fingerprint density at radius 3 is 2.00 bits per heavy atom. The molecule has 0 saturated carbocycles. The number of rotatable bonds is 2. The molecule has 0 unspecified atom stereocenters. The molecule has 4 aromatic rings. The minimum atomic E-state index is 0.608. The molecule has 6 rings (SSSR count). The van der Waals surface area contributed by atoms with E-state index in [1.54, 1.807) is 11.3 Å². The third-order valence-corrected chi connectivity index (χ3v) is 8.78. The van der Waals surface area contributed by atoms with Gasteiger partial charge in [-0.15, -0.1) is 22.7 Å². The summed E-state index contributed by atoms with van der Waals surface area (Å²) in [6, 6.07) is 4.69. The van der Waals surface area contributed by atoms with Gasteiger partial charge in [-0.1, -0.05) is 0 Å². The fourth-order valence-corrected chi connectivity index (χ4v) is 7.41. The molecule has 0 N–H and O–H groups in total. The predicted octanol–water partition coefficient (Wildman–Crippen LogP) is 7.63. The van der Waals surface area contributed by atoms with E-state index in [4.69, 9.17) is 14.2 Å². The van der Waals surface area contributed by atoms with Crippen molar-refractivity contribution in [3.05, 3.63) is 50.7 Å². The first-order valence-corrected chi connectivity index (χ1v) is 13.0. The van der Waals surface area contributed by atoms with E-state index in [9.17, 15) is 0 Å². The van der Waals surface area contributed by atoms with Crippen LogP contribution in [0.15, 0.2) is 22.9 Å². The largest absolute Gasteiger partial charge is 0.492 e. The van der Waals surface area contributed by atoms with E-state index in [2.05, 4.69) is 50.6 Å². The van der Waals surface area contributed by atoms with Gasteiger partial charge in [0.1, 0.15) is 19.0 Å². The van der Waals surface area contributed by atoms with Crippen molar-refractivity contribution in [1.82, 2.24) is 0 Å². The second kappa shape index (κ2) is 7.53. The Bertz CT molecular complexity index is 1270. The Labute approximate surface area is 196 Å². The fraction of sp³-hybridized carbons (Fsp3) is 0.333. The van der Waals surface area contributed by atoms with Gasteiger partial charge < -0.3 is 14.2 Å². The molecule has 5 heteroatoms. The molecule has 4 heterocycles. The van der Waals surface area contributed by atoms with Gasteiger partial charge in [0.15, 0.2) is 11.5 Å². The topological polar surface area (TPSA) is 27.7 Å². The van der Waals surface area contributed by atoms with Gasteiger partial charge in [-0.25, -0.2) is 0 Å². The number of hydrogen-bond donors (Lipinski definition) is 0. The fourth-order valence-electron chi connectivity index (χ4n) is 5.28. The number of thiophene rings is 2. The maximum Gasteiger partial charge on any atom is 0.179 e. The molecule has 2 aliphatic heterocycles. The van der Waals surface area contributed by atoms with Crippen molar-refractivity contribution in [2.45, 2.75) is 40.5 Å². The summed E-state index contributed by atoms with van der Waals surface area (Å²) in [4.78, 5) is 2.45. The Morgan fingerprint density at radius 1 is 0.688 bits per heavy atom. The molecule has 0 saturated heterocycles. The van der Waals surface area contributed by atoms with Crippen molar-refractivity contribution in [3.63, 3.8) is 0 Å². The van der Waals surface area contributed by atoms with Crippen LogP contribution in [0.3, 0.4) is 0 Å². The van der Waals surface area contributed by atoms with Crippen LogP contribution in [0.25, 0.3) is 31.7 Å². The molecule has 0 spiro atoms. The number of fused-ring (bicyclic) bond motifs is 3. The lowest BCUT2D eigenvalue weighted by Crippen LogP contribution is -2.14. The van der Waals surface area contributed by atoms with Crippen molar-refractivity contribution in [2.24, 2.45) is 0 Å². The maximum absolute atomic E-state index is 6.12. The Kier molecular flexibility index (Phi) is 4.74. The molecular weight excluding hydrogens is 436 g/mol. The van der Waals surface area contributed by atoms with E-state index in [0.29, 0.717) is 13.2 Å². The zero-order valence-electron chi connectivity index (χ0n) is 18.9. The van der Waals surface area contributed by atoms with Gasteiger partial charge in [0.25, 0.3) is 0 Å². The van der Waals surface area contributed by atoms with Crippen LogP contribution >= 0.6 is 22.7 Å². The van der Waals surface area contributed by atoms with E-state index in [1.165, 1.54) is 59.5 Å². The van der Waals surface area contributed by atoms with E-state index in [0.717, 1.165) is 36.7 Å². The molecule has 0 radical (unpaired) electrons. The van der Waals surface area contributed by atoms with Crippen molar-refractivity contribution < 1.29 is 14.2 Å². The van der Waals surface area contributed by atoms with Gasteiger partial charge in [0, 0.05) is 10.9 Å². The normalized spacial score (nSPS) is 15.0. The highest BCUT2D eigenvalue weighted by Crippen LogP contribution is 2.50. The molecular formula is C27H26O3S2. The van der Waals surface area contributed by atoms with Gasteiger partial charge in [0.2, 0.25) is 0 Å². The summed E-state index contributed by atoms with van der Waals surface area (Å²) >= 11 is 3.53. The first kappa shape index (κ1) is 20.1. The highest BCUT2D eigenvalue weighted by Gasteiger charge is 2.25. The predicted molar refractivity (Wildman–Crippen MR) is 134 cm³/mol. The smallest absolute Gasteiger partial charge is 0.179 e. The van der Waals surface area contributed by atoms with E-state index >= 15 is 0 Å². The minimum absolute atomic E-state index is 0.608. The van der Waals surface area contributed by atoms with Crippen LogP contribution in [0.1, 0.15) is 34.2 Å². The lowest BCUT2D eigenvalue weighted by molar-refractivity contribution is 0.174. The average molecular weight is 463 g/mol. The third kappa shape index (κ3) is 2.91. The molecule has 2 aliphatic rings. The number of hydrogen-bond acceptors (Lipinski definition) is 5. The molecule has 0 atom stereocenters. The zero-order valence-corrected chi connectivity index (χ0v) is 20.5. The third-order valence-electron chi connectivity index (χ3n) is 6.76. The van der Waals surface area contributed by atoms with E-state index in [-0.39, 0.29) is 0 Å². The van der Waals surface area contributed by atoms with Crippen LogP contribution in [-0.2, 0) is 6.42 Å². The summed E-state index contributed by atoms with van der Waals surface area (Å²) in [6.07, 6.45) is 2.23. The van der Waals surface area contributed by atoms with E-state index < -0.39 is 0 Å². The lowest BCUT2D eigenvalue weighted by Gasteiger charge is -2.21. The molecule has 164 valence electrons. The number of benzene rings is 2. The average Bonchev–Trinajstić information content (AvgIpc) is 3.42. The molecule has 0 bridgehead atoms. The number of aryl methyl sites for hydroxylation is 5. The summed E-state index contributed by atoms with van der Waals surface area (Å²) < 4.78 is 17.9. The SMILES string of the molecule is Cc1cc(-c2scc3c2OCCO3)c(C)c2c(C)cc(-c3scc4c3OCCC4)c(C)c12.